The Morgan fingerprint density at radius 1 is 1.50 bits per heavy atom. The van der Waals surface area contributed by atoms with Crippen LogP contribution in [0.4, 0.5) is 0 Å². The fourth-order valence-corrected chi connectivity index (χ4v) is 2.14. The van der Waals surface area contributed by atoms with Gasteiger partial charge in [-0.2, -0.15) is 0 Å². The molecule has 2 N–H and O–H groups in total. The fraction of sp³-hybridized carbons (Fsp3) is 0.417. The minimum Gasteiger partial charge on any atom is -0.467 e. The maximum absolute atomic E-state index is 11.5. The lowest BCUT2D eigenvalue weighted by molar-refractivity contribution is -0.178. The summed E-state index contributed by atoms with van der Waals surface area (Å²) in [4.78, 5) is 11.5. The third-order valence-electron chi connectivity index (χ3n) is 3.12. The van der Waals surface area contributed by atoms with Gasteiger partial charge in [-0.15, -0.1) is 0 Å². The molecule has 4 heteroatoms. The van der Waals surface area contributed by atoms with Crippen molar-refractivity contribution in [1.82, 2.24) is 0 Å². The number of esters is 1. The molecule has 0 bridgehead atoms. The van der Waals surface area contributed by atoms with E-state index in [1.54, 1.807) is 12.1 Å². The maximum Gasteiger partial charge on any atom is 0.340 e. The second kappa shape index (κ2) is 3.88. The predicted molar refractivity (Wildman–Crippen MR) is 56.7 cm³/mol. The molecule has 1 aromatic rings. The summed E-state index contributed by atoms with van der Waals surface area (Å²) in [6.45, 7) is 0. The van der Waals surface area contributed by atoms with Gasteiger partial charge in [0.05, 0.1) is 7.11 Å². The predicted octanol–water partition coefficient (Wildman–Crippen LogP) is 0.570. The third-order valence-corrected chi connectivity index (χ3v) is 3.12. The first-order valence-electron chi connectivity index (χ1n) is 5.16. The number of aryl methyl sites for hydroxylation is 1. The highest BCUT2D eigenvalue weighted by atomic mass is 16.5. The van der Waals surface area contributed by atoms with Crippen LogP contribution in [0.1, 0.15) is 23.7 Å². The first kappa shape index (κ1) is 11.1. The summed E-state index contributed by atoms with van der Waals surface area (Å²) in [6, 6.07) is 7.24. The Morgan fingerprint density at radius 2 is 2.19 bits per heavy atom. The van der Waals surface area contributed by atoms with E-state index in [1.807, 2.05) is 12.1 Å². The number of fused-ring (bicyclic) bond motifs is 1. The molecule has 86 valence electrons. The van der Waals surface area contributed by atoms with Crippen LogP contribution in [0.2, 0.25) is 0 Å². The smallest absolute Gasteiger partial charge is 0.340 e. The number of hydrogen-bond acceptors (Lipinski definition) is 4. The largest absolute Gasteiger partial charge is 0.467 e. The molecule has 1 aliphatic carbocycles. The van der Waals surface area contributed by atoms with E-state index in [-0.39, 0.29) is 6.42 Å². The summed E-state index contributed by atoms with van der Waals surface area (Å²) < 4.78 is 4.53. The molecule has 0 radical (unpaired) electrons. The number of ether oxygens (including phenoxy) is 1. The highest BCUT2D eigenvalue weighted by Crippen LogP contribution is 2.38. The van der Waals surface area contributed by atoms with E-state index >= 15 is 0 Å². The van der Waals surface area contributed by atoms with E-state index < -0.39 is 17.7 Å². The number of carbonyl (C=O) groups is 1. The van der Waals surface area contributed by atoms with E-state index in [1.165, 1.54) is 7.11 Å². The van der Waals surface area contributed by atoms with Crippen molar-refractivity contribution in [1.29, 1.82) is 0 Å². The van der Waals surface area contributed by atoms with Crippen molar-refractivity contribution in [2.45, 2.75) is 24.5 Å². The van der Waals surface area contributed by atoms with Gasteiger partial charge in [0.15, 0.2) is 5.60 Å². The number of aliphatic hydroxyl groups excluding tert-OH is 1. The second-order valence-electron chi connectivity index (χ2n) is 4.02. The number of carbonyl (C=O) groups excluding carboxylic acids is 1. The molecule has 0 heterocycles. The van der Waals surface area contributed by atoms with Gasteiger partial charge in [0, 0.05) is 0 Å². The van der Waals surface area contributed by atoms with E-state index in [0.29, 0.717) is 12.0 Å². The van der Waals surface area contributed by atoms with Crippen LogP contribution in [0.15, 0.2) is 24.3 Å². The van der Waals surface area contributed by atoms with Crippen LogP contribution in [0, 0.1) is 0 Å². The minimum absolute atomic E-state index is 0.178. The van der Waals surface area contributed by atoms with Crippen LogP contribution in [-0.2, 0) is 16.0 Å². The topological polar surface area (TPSA) is 66.8 Å². The molecule has 0 spiro atoms. The summed E-state index contributed by atoms with van der Waals surface area (Å²) in [5.74, 6) is -0.783. The lowest BCUT2D eigenvalue weighted by Gasteiger charge is -2.35. The molecule has 0 aliphatic heterocycles. The van der Waals surface area contributed by atoms with Crippen molar-refractivity contribution in [2.24, 2.45) is 0 Å². The van der Waals surface area contributed by atoms with Gasteiger partial charge in [0.2, 0.25) is 0 Å². The average Bonchev–Trinajstić information content (AvgIpc) is 2.33. The Morgan fingerprint density at radius 3 is 2.88 bits per heavy atom. The van der Waals surface area contributed by atoms with Crippen molar-refractivity contribution in [3.63, 3.8) is 0 Å². The lowest BCUT2D eigenvalue weighted by Crippen LogP contribution is -2.48. The number of rotatable bonds is 1. The number of benzene rings is 1. The van der Waals surface area contributed by atoms with Crippen LogP contribution < -0.4 is 0 Å². The van der Waals surface area contributed by atoms with Crippen LogP contribution in [0.3, 0.4) is 0 Å². The van der Waals surface area contributed by atoms with E-state index in [9.17, 15) is 15.0 Å². The zero-order valence-corrected chi connectivity index (χ0v) is 9.01. The Labute approximate surface area is 93.5 Å². The first-order valence-corrected chi connectivity index (χ1v) is 5.16. The molecule has 0 unspecified atom stereocenters. The molecular formula is C12H14O4. The highest BCUT2D eigenvalue weighted by Gasteiger charge is 2.48. The Balaban J connectivity index is 2.41. The maximum atomic E-state index is 11.5. The van der Waals surface area contributed by atoms with E-state index in [4.69, 9.17) is 0 Å². The molecule has 0 aromatic heterocycles. The van der Waals surface area contributed by atoms with Crippen LogP contribution in [0.5, 0.6) is 0 Å². The second-order valence-corrected chi connectivity index (χ2v) is 4.02. The van der Waals surface area contributed by atoms with Gasteiger partial charge in [-0.25, -0.2) is 4.79 Å². The highest BCUT2D eigenvalue weighted by molar-refractivity contribution is 5.81. The van der Waals surface area contributed by atoms with Crippen molar-refractivity contribution in [3.8, 4) is 0 Å². The van der Waals surface area contributed by atoms with Crippen LogP contribution >= 0.6 is 0 Å². The number of hydrogen-bond donors (Lipinski definition) is 2. The Kier molecular flexibility index (Phi) is 2.69. The van der Waals surface area contributed by atoms with Crippen LogP contribution in [0.25, 0.3) is 0 Å². The normalized spacial score (nSPS) is 28.3. The molecular weight excluding hydrogens is 208 g/mol. The average molecular weight is 222 g/mol. The summed E-state index contributed by atoms with van der Waals surface area (Å²) in [7, 11) is 1.20. The number of methoxy groups -OCH3 is 1. The summed E-state index contributed by atoms with van der Waals surface area (Å²) in [5, 5.41) is 20.2. The summed E-state index contributed by atoms with van der Waals surface area (Å²) >= 11 is 0. The Hall–Kier alpha value is -1.39. The lowest BCUT2D eigenvalue weighted by atomic mass is 9.78. The van der Waals surface area contributed by atoms with Crippen molar-refractivity contribution in [2.75, 3.05) is 7.11 Å². The van der Waals surface area contributed by atoms with Crippen molar-refractivity contribution in [3.05, 3.63) is 35.4 Å². The Bertz CT molecular complexity index is 415. The molecule has 0 saturated carbocycles. The molecule has 0 fully saturated rings. The number of aliphatic hydroxyl groups is 2. The van der Waals surface area contributed by atoms with E-state index in [0.717, 1.165) is 5.56 Å². The SMILES string of the molecule is COC(=O)[C@]1(O)CCc2ccccc2[C@@H]1O. The zero-order valence-electron chi connectivity index (χ0n) is 9.01. The van der Waals surface area contributed by atoms with E-state index in [2.05, 4.69) is 4.74 Å². The van der Waals surface area contributed by atoms with Gasteiger partial charge in [-0.1, -0.05) is 24.3 Å². The molecule has 16 heavy (non-hydrogen) atoms. The first-order chi connectivity index (χ1) is 7.59. The van der Waals surface area contributed by atoms with Crippen LogP contribution in [-0.4, -0.2) is 28.9 Å². The summed E-state index contributed by atoms with van der Waals surface area (Å²) in [6.07, 6.45) is -0.485. The van der Waals surface area contributed by atoms with Gasteiger partial charge >= 0.3 is 5.97 Å². The molecule has 0 saturated heterocycles. The monoisotopic (exact) mass is 222 g/mol. The van der Waals surface area contributed by atoms with Gasteiger partial charge in [0.25, 0.3) is 0 Å². The standard InChI is InChI=1S/C12H14O4/c1-16-11(14)12(15)7-6-8-4-2-3-5-9(8)10(12)13/h2-5,10,13,15H,6-7H2,1H3/t10-,12-/m0/s1. The van der Waals surface area contributed by atoms with Gasteiger partial charge in [-0.3, -0.25) is 0 Å². The fourth-order valence-electron chi connectivity index (χ4n) is 2.14. The van der Waals surface area contributed by atoms with Gasteiger partial charge in [0.1, 0.15) is 6.10 Å². The third kappa shape index (κ3) is 1.50. The molecule has 1 aromatic carbocycles. The van der Waals surface area contributed by atoms with Gasteiger partial charge < -0.3 is 14.9 Å². The molecule has 4 nitrogen and oxygen atoms in total. The molecule has 0 amide bonds. The zero-order chi connectivity index (χ0) is 11.8. The molecule has 2 rings (SSSR count). The molecule has 1 aliphatic rings. The summed E-state index contributed by atoms with van der Waals surface area (Å²) in [5.41, 5.74) is -0.256. The van der Waals surface area contributed by atoms with Gasteiger partial charge in [-0.05, 0) is 24.0 Å². The minimum atomic E-state index is -1.82. The quantitative estimate of drug-likeness (QED) is 0.682. The van der Waals surface area contributed by atoms with Crippen molar-refractivity contribution >= 4 is 5.97 Å². The molecule has 2 atom stereocenters. The van der Waals surface area contributed by atoms with Crippen molar-refractivity contribution < 1.29 is 19.7 Å².